The molecule has 1 atom stereocenters. The summed E-state index contributed by atoms with van der Waals surface area (Å²) in [7, 11) is 1.37. The van der Waals surface area contributed by atoms with Gasteiger partial charge in [0.1, 0.15) is 17.0 Å². The van der Waals surface area contributed by atoms with Crippen LogP contribution in [0.15, 0.2) is 48.5 Å². The fourth-order valence-corrected chi connectivity index (χ4v) is 3.15. The number of carbonyl (C=O) groups is 3. The van der Waals surface area contributed by atoms with E-state index in [1.165, 1.54) is 62.5 Å². The second-order valence-electron chi connectivity index (χ2n) is 7.29. The summed E-state index contributed by atoms with van der Waals surface area (Å²) in [6, 6.07) is 11.2. The molecular formula is C23H21F2N3O5. The van der Waals surface area contributed by atoms with Gasteiger partial charge in [-0.05, 0) is 55.8 Å². The van der Waals surface area contributed by atoms with Crippen molar-refractivity contribution in [2.24, 2.45) is 7.05 Å². The van der Waals surface area contributed by atoms with Gasteiger partial charge in [0.25, 0.3) is 12.3 Å². The highest BCUT2D eigenvalue weighted by atomic mass is 19.3. The number of hydrogen-bond donors (Lipinski definition) is 2. The Morgan fingerprint density at radius 3 is 2.12 bits per heavy atom. The minimum atomic E-state index is -3.03. The third-order valence-corrected chi connectivity index (χ3v) is 4.94. The molecule has 3 aromatic rings. The molecular weight excluding hydrogens is 436 g/mol. The van der Waals surface area contributed by atoms with Crippen LogP contribution < -0.4 is 10.1 Å². The van der Waals surface area contributed by atoms with Crippen molar-refractivity contribution in [2.75, 3.05) is 0 Å². The molecule has 3 rings (SSSR count). The van der Waals surface area contributed by atoms with Gasteiger partial charge in [-0.25, -0.2) is 18.3 Å². The average molecular weight is 457 g/mol. The summed E-state index contributed by atoms with van der Waals surface area (Å²) in [5, 5.41) is 15.4. The zero-order valence-electron chi connectivity index (χ0n) is 18.0. The number of aromatic nitrogens is 2. The molecule has 2 aromatic carbocycles. The number of nitrogens with one attached hydrogen (secondary N) is 1. The fourth-order valence-electron chi connectivity index (χ4n) is 3.15. The number of aromatic carboxylic acids is 1. The maximum atomic E-state index is 13.6. The summed E-state index contributed by atoms with van der Waals surface area (Å²) in [4.78, 5) is 35.4. The van der Waals surface area contributed by atoms with Crippen LogP contribution in [0.2, 0.25) is 0 Å². The molecule has 0 radical (unpaired) electrons. The Morgan fingerprint density at radius 2 is 1.61 bits per heavy atom. The molecule has 0 bridgehead atoms. The Bertz CT molecular complexity index is 1190. The van der Waals surface area contributed by atoms with Crippen LogP contribution in [0.3, 0.4) is 0 Å². The van der Waals surface area contributed by atoms with Crippen molar-refractivity contribution in [1.82, 2.24) is 15.1 Å². The minimum absolute atomic E-state index is 0.0796. The van der Waals surface area contributed by atoms with Gasteiger partial charge in [0.05, 0.1) is 11.6 Å². The molecule has 8 nitrogen and oxygen atoms in total. The molecule has 1 aromatic heterocycles. The average Bonchev–Trinajstić information content (AvgIpc) is 3.10. The summed E-state index contributed by atoms with van der Waals surface area (Å²) in [5.74, 6) is -2.02. The Morgan fingerprint density at radius 1 is 1.03 bits per heavy atom. The number of Topliss-reactive ketones (excluding diaryl/α,β-unsaturated/α-hetero) is 1. The number of carbonyl (C=O) groups excluding carboxylic acids is 2. The molecule has 0 aliphatic heterocycles. The maximum absolute atomic E-state index is 13.6. The van der Waals surface area contributed by atoms with Crippen molar-refractivity contribution in [3.8, 4) is 11.6 Å². The van der Waals surface area contributed by atoms with Gasteiger partial charge in [0, 0.05) is 12.6 Å². The molecule has 1 heterocycles. The second-order valence-corrected chi connectivity index (χ2v) is 7.29. The van der Waals surface area contributed by atoms with E-state index in [0.29, 0.717) is 11.1 Å². The van der Waals surface area contributed by atoms with Gasteiger partial charge in [-0.1, -0.05) is 12.1 Å². The van der Waals surface area contributed by atoms with Gasteiger partial charge in [0.2, 0.25) is 5.88 Å². The smallest absolute Gasteiger partial charge is 0.335 e. The topological polar surface area (TPSA) is 111 Å². The number of carboxylic acids is 1. The summed E-state index contributed by atoms with van der Waals surface area (Å²) < 4.78 is 34.0. The van der Waals surface area contributed by atoms with Crippen LogP contribution in [0.25, 0.3) is 0 Å². The highest BCUT2D eigenvalue weighted by Gasteiger charge is 2.30. The van der Waals surface area contributed by atoms with E-state index in [0.717, 1.165) is 4.68 Å². The van der Waals surface area contributed by atoms with Crippen molar-refractivity contribution in [3.63, 3.8) is 0 Å². The van der Waals surface area contributed by atoms with Crippen molar-refractivity contribution < 1.29 is 33.0 Å². The van der Waals surface area contributed by atoms with Gasteiger partial charge in [0.15, 0.2) is 5.78 Å². The first-order valence-electron chi connectivity index (χ1n) is 9.86. The standard InChI is InChI=1S/C23H21F2N3O5/c1-12(14-4-6-16(7-5-14)23(31)32)26-21(30)18-19(20(24)25)27-28(3)22(18)33-17-10-8-15(9-11-17)13(2)29/h4-12,20H,1-3H3,(H,26,30)(H,31,32). The number of aryl methyl sites for hydroxylation is 1. The SMILES string of the molecule is CC(=O)c1ccc(Oc2c(C(=O)NC(C)c3ccc(C(=O)O)cc3)c(C(F)F)nn2C)cc1. The number of carboxylic acid groups (broad SMARTS) is 1. The summed E-state index contributed by atoms with van der Waals surface area (Å²) >= 11 is 0. The number of benzene rings is 2. The van der Waals surface area contributed by atoms with Gasteiger partial charge in [-0.15, -0.1) is 0 Å². The van der Waals surface area contributed by atoms with E-state index in [4.69, 9.17) is 9.84 Å². The summed E-state index contributed by atoms with van der Waals surface area (Å²) in [6.45, 7) is 3.04. The highest BCUT2D eigenvalue weighted by molar-refractivity contribution is 5.98. The molecule has 0 saturated carbocycles. The fraction of sp³-hybridized carbons (Fsp3) is 0.217. The van der Waals surface area contributed by atoms with Gasteiger partial charge in [-0.3, -0.25) is 9.59 Å². The highest BCUT2D eigenvalue weighted by Crippen LogP contribution is 2.33. The number of hydrogen-bond acceptors (Lipinski definition) is 5. The lowest BCUT2D eigenvalue weighted by molar-refractivity contribution is 0.0696. The van der Waals surface area contributed by atoms with Crippen LogP contribution in [0.5, 0.6) is 11.6 Å². The van der Waals surface area contributed by atoms with Crippen molar-refractivity contribution in [3.05, 3.63) is 76.5 Å². The Balaban J connectivity index is 1.89. The number of amides is 1. The number of ketones is 1. The predicted octanol–water partition coefficient (Wildman–Crippen LogP) is 4.54. The van der Waals surface area contributed by atoms with E-state index in [2.05, 4.69) is 10.4 Å². The van der Waals surface area contributed by atoms with E-state index in [9.17, 15) is 23.2 Å². The Kier molecular flexibility index (Phi) is 6.86. The molecule has 0 saturated heterocycles. The number of alkyl halides is 2. The lowest BCUT2D eigenvalue weighted by atomic mass is 10.1. The summed E-state index contributed by atoms with van der Waals surface area (Å²) in [6.07, 6.45) is -3.03. The zero-order valence-corrected chi connectivity index (χ0v) is 18.0. The van der Waals surface area contributed by atoms with Crippen molar-refractivity contribution in [2.45, 2.75) is 26.3 Å². The lowest BCUT2D eigenvalue weighted by Gasteiger charge is -2.16. The quantitative estimate of drug-likeness (QED) is 0.481. The van der Waals surface area contributed by atoms with Crippen LogP contribution in [-0.2, 0) is 7.05 Å². The Labute approximate surface area is 187 Å². The predicted molar refractivity (Wildman–Crippen MR) is 114 cm³/mol. The van der Waals surface area contributed by atoms with Crippen LogP contribution in [0, 0.1) is 0 Å². The summed E-state index contributed by atoms with van der Waals surface area (Å²) in [5.41, 5.74) is -0.0496. The van der Waals surface area contributed by atoms with E-state index in [1.54, 1.807) is 6.92 Å². The first-order valence-corrected chi connectivity index (χ1v) is 9.86. The molecule has 2 N–H and O–H groups in total. The first-order chi connectivity index (χ1) is 15.6. The maximum Gasteiger partial charge on any atom is 0.335 e. The normalized spacial score (nSPS) is 11.8. The molecule has 1 amide bonds. The van der Waals surface area contributed by atoms with Crippen LogP contribution in [-0.4, -0.2) is 32.5 Å². The second kappa shape index (κ2) is 9.60. The lowest BCUT2D eigenvalue weighted by Crippen LogP contribution is -2.27. The van der Waals surface area contributed by atoms with Crippen molar-refractivity contribution >= 4 is 17.7 Å². The van der Waals surface area contributed by atoms with Crippen molar-refractivity contribution in [1.29, 1.82) is 0 Å². The molecule has 172 valence electrons. The third kappa shape index (κ3) is 5.22. The largest absolute Gasteiger partial charge is 0.478 e. The van der Waals surface area contributed by atoms with Gasteiger partial charge >= 0.3 is 5.97 Å². The number of rotatable bonds is 8. The molecule has 10 heteroatoms. The van der Waals surface area contributed by atoms with E-state index >= 15 is 0 Å². The Hall–Kier alpha value is -4.08. The molecule has 0 spiro atoms. The van der Waals surface area contributed by atoms with Crippen LogP contribution in [0.1, 0.15) is 68.6 Å². The van der Waals surface area contributed by atoms with Crippen LogP contribution in [0.4, 0.5) is 8.78 Å². The number of ether oxygens (including phenoxy) is 1. The van der Waals surface area contributed by atoms with E-state index < -0.39 is 35.6 Å². The third-order valence-electron chi connectivity index (χ3n) is 4.94. The first kappa shape index (κ1) is 23.6. The molecule has 0 fully saturated rings. The molecule has 33 heavy (non-hydrogen) atoms. The zero-order chi connectivity index (χ0) is 24.3. The van der Waals surface area contributed by atoms with Crippen LogP contribution >= 0.6 is 0 Å². The van der Waals surface area contributed by atoms with Gasteiger partial charge < -0.3 is 15.2 Å². The monoisotopic (exact) mass is 457 g/mol. The molecule has 1 unspecified atom stereocenters. The number of nitrogens with zero attached hydrogens (tertiary/aromatic N) is 2. The van der Waals surface area contributed by atoms with E-state index in [-0.39, 0.29) is 23.0 Å². The number of halogens is 2. The molecule has 0 aliphatic rings. The van der Waals surface area contributed by atoms with E-state index in [1.807, 2.05) is 0 Å². The minimum Gasteiger partial charge on any atom is -0.478 e. The van der Waals surface area contributed by atoms with Gasteiger partial charge in [-0.2, -0.15) is 5.10 Å². The molecule has 0 aliphatic carbocycles.